The van der Waals surface area contributed by atoms with E-state index in [2.05, 4.69) is 19.2 Å². The molecule has 102 valence electrons. The Kier molecular flexibility index (Phi) is 6.45. The van der Waals surface area contributed by atoms with E-state index >= 15 is 0 Å². The van der Waals surface area contributed by atoms with Crippen molar-refractivity contribution >= 4 is 6.09 Å². The van der Waals surface area contributed by atoms with Crippen molar-refractivity contribution in [3.63, 3.8) is 0 Å². The van der Waals surface area contributed by atoms with Gasteiger partial charge in [0.1, 0.15) is 6.61 Å². The van der Waals surface area contributed by atoms with E-state index in [0.29, 0.717) is 18.0 Å². The first-order chi connectivity index (χ1) is 9.11. The molecule has 0 unspecified atom stereocenters. The molecule has 4 nitrogen and oxygen atoms in total. The van der Waals surface area contributed by atoms with Gasteiger partial charge in [-0.1, -0.05) is 26.0 Å². The number of hydrogen-bond donors (Lipinski definition) is 1. The maximum atomic E-state index is 11.4. The standard InChI is InChI=1S/C15H20N2O2/c1-12(2)4-3-9-17-15(18)19-11-14-7-5-13(10-16)6-8-14/h5-8,12H,3-4,9,11H2,1-2H3,(H,17,18). The van der Waals surface area contributed by atoms with Gasteiger partial charge < -0.3 is 10.1 Å². The zero-order valence-electron chi connectivity index (χ0n) is 11.5. The van der Waals surface area contributed by atoms with Crippen LogP contribution in [0.5, 0.6) is 0 Å². The first-order valence-electron chi connectivity index (χ1n) is 6.51. The van der Waals surface area contributed by atoms with Gasteiger partial charge >= 0.3 is 6.09 Å². The van der Waals surface area contributed by atoms with E-state index in [4.69, 9.17) is 10.00 Å². The van der Waals surface area contributed by atoms with Crippen LogP contribution in [0.1, 0.15) is 37.8 Å². The Bertz CT molecular complexity index is 432. The number of nitrogens with zero attached hydrogens (tertiary/aromatic N) is 1. The summed E-state index contributed by atoms with van der Waals surface area (Å²) in [5, 5.41) is 11.4. The zero-order chi connectivity index (χ0) is 14.1. The van der Waals surface area contributed by atoms with Gasteiger partial charge in [0, 0.05) is 6.54 Å². The predicted octanol–water partition coefficient (Wildman–Crippen LogP) is 3.22. The van der Waals surface area contributed by atoms with Crippen LogP contribution < -0.4 is 5.32 Å². The van der Waals surface area contributed by atoms with Crippen molar-refractivity contribution in [2.75, 3.05) is 6.54 Å². The normalized spacial score (nSPS) is 10.0. The van der Waals surface area contributed by atoms with Crippen molar-refractivity contribution in [3.05, 3.63) is 35.4 Å². The van der Waals surface area contributed by atoms with Gasteiger partial charge in [0.25, 0.3) is 0 Å². The van der Waals surface area contributed by atoms with Crippen LogP contribution >= 0.6 is 0 Å². The number of nitriles is 1. The summed E-state index contributed by atoms with van der Waals surface area (Å²) >= 11 is 0. The van der Waals surface area contributed by atoms with Gasteiger partial charge in [-0.05, 0) is 36.5 Å². The lowest BCUT2D eigenvalue weighted by atomic mass is 10.1. The molecule has 0 heterocycles. The van der Waals surface area contributed by atoms with E-state index in [-0.39, 0.29) is 6.61 Å². The second-order valence-corrected chi connectivity index (χ2v) is 4.85. The van der Waals surface area contributed by atoms with E-state index in [9.17, 15) is 4.79 Å². The fraction of sp³-hybridized carbons (Fsp3) is 0.467. The lowest BCUT2D eigenvalue weighted by Crippen LogP contribution is -2.25. The molecule has 19 heavy (non-hydrogen) atoms. The first-order valence-corrected chi connectivity index (χ1v) is 6.51. The molecular formula is C15H20N2O2. The molecule has 1 rings (SSSR count). The molecule has 1 amide bonds. The van der Waals surface area contributed by atoms with Gasteiger partial charge in [0.15, 0.2) is 0 Å². The third kappa shape index (κ3) is 6.46. The zero-order valence-corrected chi connectivity index (χ0v) is 11.5. The van der Waals surface area contributed by atoms with Crippen molar-refractivity contribution in [2.24, 2.45) is 5.92 Å². The highest BCUT2D eigenvalue weighted by Gasteiger charge is 2.02. The molecule has 0 aliphatic heterocycles. The first kappa shape index (κ1) is 15.0. The van der Waals surface area contributed by atoms with Crippen LogP contribution in [0.3, 0.4) is 0 Å². The Balaban J connectivity index is 2.20. The van der Waals surface area contributed by atoms with Crippen LogP contribution in [0.2, 0.25) is 0 Å². The van der Waals surface area contributed by atoms with Gasteiger partial charge in [-0.2, -0.15) is 5.26 Å². The molecule has 0 saturated carbocycles. The van der Waals surface area contributed by atoms with Crippen molar-refractivity contribution in [1.82, 2.24) is 5.32 Å². The number of alkyl carbamates (subject to hydrolysis) is 1. The summed E-state index contributed by atoms with van der Waals surface area (Å²) in [7, 11) is 0. The fourth-order valence-electron chi connectivity index (χ4n) is 1.58. The summed E-state index contributed by atoms with van der Waals surface area (Å²) < 4.78 is 5.08. The van der Waals surface area contributed by atoms with Crippen LogP contribution in [0.25, 0.3) is 0 Å². The molecule has 0 bridgehead atoms. The second kappa shape index (κ2) is 8.15. The van der Waals surface area contributed by atoms with Crippen LogP contribution in [-0.2, 0) is 11.3 Å². The predicted molar refractivity (Wildman–Crippen MR) is 73.4 cm³/mol. The molecule has 0 aromatic heterocycles. The molecule has 1 aromatic carbocycles. The van der Waals surface area contributed by atoms with Gasteiger partial charge in [0.05, 0.1) is 11.6 Å². The highest BCUT2D eigenvalue weighted by atomic mass is 16.5. The minimum atomic E-state index is -0.395. The number of carbonyl (C=O) groups excluding carboxylic acids is 1. The summed E-state index contributed by atoms with van der Waals surface area (Å²) in [6.07, 6.45) is 1.66. The molecule has 0 radical (unpaired) electrons. The van der Waals surface area contributed by atoms with E-state index in [1.54, 1.807) is 24.3 Å². The molecule has 0 atom stereocenters. The maximum absolute atomic E-state index is 11.4. The molecular weight excluding hydrogens is 240 g/mol. The minimum Gasteiger partial charge on any atom is -0.445 e. The molecule has 0 aliphatic carbocycles. The minimum absolute atomic E-state index is 0.224. The van der Waals surface area contributed by atoms with Crippen LogP contribution in [0.4, 0.5) is 4.79 Å². The van der Waals surface area contributed by atoms with Crippen LogP contribution in [0.15, 0.2) is 24.3 Å². The summed E-state index contributed by atoms with van der Waals surface area (Å²) in [5.41, 5.74) is 1.47. The molecule has 0 aliphatic rings. The van der Waals surface area contributed by atoms with E-state index in [1.165, 1.54) is 0 Å². The monoisotopic (exact) mass is 260 g/mol. The SMILES string of the molecule is CC(C)CCCNC(=O)OCc1ccc(C#N)cc1. The lowest BCUT2D eigenvalue weighted by Gasteiger charge is -2.08. The fourth-order valence-corrected chi connectivity index (χ4v) is 1.58. The van der Waals surface area contributed by atoms with Crippen molar-refractivity contribution in [3.8, 4) is 6.07 Å². The average Bonchev–Trinajstić information content (AvgIpc) is 2.41. The molecule has 0 fully saturated rings. The number of ether oxygens (including phenoxy) is 1. The van der Waals surface area contributed by atoms with Gasteiger partial charge in [-0.15, -0.1) is 0 Å². The van der Waals surface area contributed by atoms with Crippen molar-refractivity contribution in [2.45, 2.75) is 33.3 Å². The highest BCUT2D eigenvalue weighted by molar-refractivity contribution is 5.67. The summed E-state index contributed by atoms with van der Waals surface area (Å²) in [5.74, 6) is 0.650. The number of amides is 1. The topological polar surface area (TPSA) is 62.1 Å². The maximum Gasteiger partial charge on any atom is 0.407 e. The Labute approximate surface area is 114 Å². The summed E-state index contributed by atoms with van der Waals surface area (Å²) in [4.78, 5) is 11.4. The molecule has 0 saturated heterocycles. The average molecular weight is 260 g/mol. The summed E-state index contributed by atoms with van der Waals surface area (Å²) in [6, 6.07) is 9.02. The largest absolute Gasteiger partial charge is 0.445 e. The van der Waals surface area contributed by atoms with Gasteiger partial charge in [0.2, 0.25) is 0 Å². The smallest absolute Gasteiger partial charge is 0.407 e. The third-order valence-electron chi connectivity index (χ3n) is 2.68. The number of nitrogens with one attached hydrogen (secondary N) is 1. The number of hydrogen-bond acceptors (Lipinski definition) is 3. The third-order valence-corrected chi connectivity index (χ3v) is 2.68. The summed E-state index contributed by atoms with van der Waals surface area (Å²) in [6.45, 7) is 5.18. The molecule has 1 aromatic rings. The van der Waals surface area contributed by atoms with Gasteiger partial charge in [-0.25, -0.2) is 4.79 Å². The molecule has 4 heteroatoms. The van der Waals surface area contributed by atoms with Gasteiger partial charge in [-0.3, -0.25) is 0 Å². The number of rotatable bonds is 6. The van der Waals surface area contributed by atoms with E-state index in [1.807, 2.05) is 6.07 Å². The Morgan fingerprint density at radius 2 is 2.05 bits per heavy atom. The highest BCUT2D eigenvalue weighted by Crippen LogP contribution is 2.05. The van der Waals surface area contributed by atoms with E-state index < -0.39 is 6.09 Å². The lowest BCUT2D eigenvalue weighted by molar-refractivity contribution is 0.139. The number of carbonyl (C=O) groups is 1. The Morgan fingerprint density at radius 1 is 1.37 bits per heavy atom. The molecule has 0 spiro atoms. The van der Waals surface area contributed by atoms with E-state index in [0.717, 1.165) is 18.4 Å². The number of benzene rings is 1. The van der Waals surface area contributed by atoms with Crippen LogP contribution in [0, 0.1) is 17.2 Å². The quantitative estimate of drug-likeness (QED) is 0.799. The van der Waals surface area contributed by atoms with Crippen molar-refractivity contribution in [1.29, 1.82) is 5.26 Å². The van der Waals surface area contributed by atoms with Crippen molar-refractivity contribution < 1.29 is 9.53 Å². The Morgan fingerprint density at radius 3 is 2.63 bits per heavy atom. The molecule has 1 N–H and O–H groups in total. The van der Waals surface area contributed by atoms with Crippen LogP contribution in [-0.4, -0.2) is 12.6 Å². The Hall–Kier alpha value is -2.02. The second-order valence-electron chi connectivity index (χ2n) is 4.85.